The average molecular weight is 360 g/mol. The lowest BCUT2D eigenvalue weighted by molar-refractivity contribution is -0.131. The molecule has 5 nitrogen and oxygen atoms in total. The zero-order chi connectivity index (χ0) is 18.9. The molecule has 1 aliphatic rings. The predicted molar refractivity (Wildman–Crippen MR) is 90.6 cm³/mol. The minimum Gasteiger partial charge on any atom is -0.492 e. The molecule has 1 heterocycles. The zero-order valence-corrected chi connectivity index (χ0v) is 14.4. The fourth-order valence-electron chi connectivity index (χ4n) is 2.86. The van der Waals surface area contributed by atoms with Crippen molar-refractivity contribution >= 4 is 11.9 Å². The van der Waals surface area contributed by atoms with E-state index in [0.717, 1.165) is 22.6 Å². The molecule has 0 aromatic heterocycles. The van der Waals surface area contributed by atoms with Crippen LogP contribution in [0.2, 0.25) is 0 Å². The molecule has 7 heteroatoms. The predicted octanol–water partition coefficient (Wildman–Crippen LogP) is 3.12. The molecule has 0 radical (unpaired) electrons. The van der Waals surface area contributed by atoms with E-state index < -0.39 is 29.1 Å². The maximum atomic E-state index is 13.5. The Bertz CT molecular complexity index is 872. The molecule has 0 bridgehead atoms. The maximum absolute atomic E-state index is 13.5. The van der Waals surface area contributed by atoms with Gasteiger partial charge in [0.1, 0.15) is 17.9 Å². The topological polar surface area (TPSA) is 58.6 Å². The van der Waals surface area contributed by atoms with Gasteiger partial charge in [0, 0.05) is 0 Å². The molecule has 0 saturated carbocycles. The van der Waals surface area contributed by atoms with E-state index in [9.17, 15) is 18.4 Å². The van der Waals surface area contributed by atoms with E-state index in [1.54, 1.807) is 6.07 Å². The molecular formula is C19H18F2N2O3. The molecular weight excluding hydrogens is 342 g/mol. The molecule has 2 aromatic rings. The van der Waals surface area contributed by atoms with Gasteiger partial charge in [-0.25, -0.2) is 13.6 Å². The fourth-order valence-corrected chi connectivity index (χ4v) is 2.86. The first-order valence-electron chi connectivity index (χ1n) is 8.10. The normalized spacial score (nSPS) is 19.6. The maximum Gasteiger partial charge on any atom is 0.325 e. The molecule has 1 N–H and O–H groups in total. The van der Waals surface area contributed by atoms with Crippen LogP contribution in [0.4, 0.5) is 13.6 Å². The Morgan fingerprint density at radius 2 is 1.88 bits per heavy atom. The number of benzene rings is 2. The SMILES string of the molecule is Cc1cccc(OCCN2C(=O)NC(C)(c3ccc(F)c(F)c3)C2=O)c1. The van der Waals surface area contributed by atoms with Crippen molar-refractivity contribution in [3.63, 3.8) is 0 Å². The summed E-state index contributed by atoms with van der Waals surface area (Å²) in [5.74, 6) is -1.99. The first kappa shape index (κ1) is 17.8. The van der Waals surface area contributed by atoms with Gasteiger partial charge in [0.15, 0.2) is 11.6 Å². The summed E-state index contributed by atoms with van der Waals surface area (Å²) in [5.41, 5.74) is -0.241. The summed E-state index contributed by atoms with van der Waals surface area (Å²) in [6.07, 6.45) is 0. The lowest BCUT2D eigenvalue weighted by Gasteiger charge is -2.22. The Kier molecular flexibility index (Phi) is 4.63. The number of imide groups is 1. The van der Waals surface area contributed by atoms with Gasteiger partial charge in [-0.1, -0.05) is 18.2 Å². The molecule has 3 amide bonds. The molecule has 2 aromatic carbocycles. The van der Waals surface area contributed by atoms with Crippen LogP contribution in [0.25, 0.3) is 0 Å². The highest BCUT2D eigenvalue weighted by molar-refractivity contribution is 6.07. The molecule has 1 saturated heterocycles. The molecule has 136 valence electrons. The average Bonchev–Trinajstić information content (AvgIpc) is 2.81. The van der Waals surface area contributed by atoms with Crippen LogP contribution in [0.5, 0.6) is 5.75 Å². The monoisotopic (exact) mass is 360 g/mol. The Hall–Kier alpha value is -2.96. The van der Waals surface area contributed by atoms with E-state index >= 15 is 0 Å². The second-order valence-electron chi connectivity index (χ2n) is 6.31. The van der Waals surface area contributed by atoms with E-state index in [1.165, 1.54) is 13.0 Å². The van der Waals surface area contributed by atoms with E-state index in [0.29, 0.717) is 5.75 Å². The number of halogens is 2. The van der Waals surface area contributed by atoms with Crippen LogP contribution in [0.1, 0.15) is 18.1 Å². The Morgan fingerprint density at radius 3 is 2.58 bits per heavy atom. The van der Waals surface area contributed by atoms with Crippen LogP contribution in [0.15, 0.2) is 42.5 Å². The largest absolute Gasteiger partial charge is 0.492 e. The summed E-state index contributed by atoms with van der Waals surface area (Å²) in [4.78, 5) is 25.9. The van der Waals surface area contributed by atoms with E-state index in [-0.39, 0.29) is 18.7 Å². The molecule has 0 spiro atoms. The van der Waals surface area contributed by atoms with Crippen molar-refractivity contribution in [1.82, 2.24) is 10.2 Å². The number of nitrogens with one attached hydrogen (secondary N) is 1. The first-order valence-corrected chi connectivity index (χ1v) is 8.10. The van der Waals surface area contributed by atoms with Gasteiger partial charge in [-0.2, -0.15) is 0 Å². The molecule has 26 heavy (non-hydrogen) atoms. The van der Waals surface area contributed by atoms with Gasteiger partial charge in [0.05, 0.1) is 6.54 Å². The van der Waals surface area contributed by atoms with E-state index in [2.05, 4.69) is 5.32 Å². The van der Waals surface area contributed by atoms with Crippen LogP contribution < -0.4 is 10.1 Å². The number of amides is 3. The van der Waals surface area contributed by atoms with Crippen LogP contribution in [0.3, 0.4) is 0 Å². The minimum absolute atomic E-state index is 0.0396. The van der Waals surface area contributed by atoms with Crippen molar-refractivity contribution in [2.45, 2.75) is 19.4 Å². The fraction of sp³-hybridized carbons (Fsp3) is 0.263. The summed E-state index contributed by atoms with van der Waals surface area (Å²) >= 11 is 0. The van der Waals surface area contributed by atoms with E-state index in [1.807, 2.05) is 25.1 Å². The third kappa shape index (κ3) is 3.24. The Balaban J connectivity index is 1.71. The number of ether oxygens (including phenoxy) is 1. The van der Waals surface area contributed by atoms with E-state index in [4.69, 9.17) is 4.74 Å². The summed E-state index contributed by atoms with van der Waals surface area (Å²) in [6, 6.07) is 9.93. The molecule has 1 atom stereocenters. The van der Waals surface area contributed by atoms with Gasteiger partial charge in [-0.05, 0) is 49.2 Å². The summed E-state index contributed by atoms with van der Waals surface area (Å²) in [6.45, 7) is 3.55. The second kappa shape index (κ2) is 6.74. The van der Waals surface area contributed by atoms with Gasteiger partial charge in [-0.3, -0.25) is 9.69 Å². The van der Waals surface area contributed by atoms with Gasteiger partial charge >= 0.3 is 6.03 Å². The molecule has 0 aliphatic carbocycles. The van der Waals surface area contributed by atoms with Crippen molar-refractivity contribution in [3.05, 3.63) is 65.2 Å². The minimum atomic E-state index is -1.45. The highest BCUT2D eigenvalue weighted by Gasteiger charge is 2.49. The van der Waals surface area contributed by atoms with Gasteiger partial charge in [-0.15, -0.1) is 0 Å². The summed E-state index contributed by atoms with van der Waals surface area (Å²) in [7, 11) is 0. The Labute approximate surface area is 149 Å². The van der Waals surface area contributed by atoms with Gasteiger partial charge in [0.25, 0.3) is 5.91 Å². The third-order valence-corrected chi connectivity index (χ3v) is 4.35. The standard InChI is InChI=1S/C19H18F2N2O3/c1-12-4-3-5-14(10-12)26-9-8-23-17(24)19(2,22-18(23)25)13-6-7-15(20)16(21)11-13/h3-7,10-11H,8-9H2,1-2H3,(H,22,25). The molecule has 1 aliphatic heterocycles. The highest BCUT2D eigenvalue weighted by Crippen LogP contribution is 2.29. The molecule has 1 fully saturated rings. The Morgan fingerprint density at radius 1 is 1.12 bits per heavy atom. The highest BCUT2D eigenvalue weighted by atomic mass is 19.2. The quantitative estimate of drug-likeness (QED) is 0.834. The van der Waals surface area contributed by atoms with Crippen LogP contribution in [0, 0.1) is 18.6 Å². The smallest absolute Gasteiger partial charge is 0.325 e. The summed E-state index contributed by atoms with van der Waals surface area (Å²) in [5, 5.41) is 2.54. The number of aryl methyl sites for hydroxylation is 1. The van der Waals surface area contributed by atoms with Crippen LogP contribution >= 0.6 is 0 Å². The molecule has 1 unspecified atom stereocenters. The number of carbonyl (C=O) groups is 2. The third-order valence-electron chi connectivity index (χ3n) is 4.35. The lowest BCUT2D eigenvalue weighted by Crippen LogP contribution is -2.41. The number of carbonyl (C=O) groups excluding carboxylic acids is 2. The molecule has 3 rings (SSSR count). The summed E-state index contributed by atoms with van der Waals surface area (Å²) < 4.78 is 32.2. The number of hydrogen-bond acceptors (Lipinski definition) is 3. The zero-order valence-electron chi connectivity index (χ0n) is 14.4. The van der Waals surface area contributed by atoms with Crippen LogP contribution in [-0.2, 0) is 10.3 Å². The van der Waals surface area contributed by atoms with Crippen molar-refractivity contribution in [1.29, 1.82) is 0 Å². The van der Waals surface area contributed by atoms with Gasteiger partial charge in [0.2, 0.25) is 0 Å². The first-order chi connectivity index (χ1) is 12.3. The van der Waals surface area contributed by atoms with Crippen molar-refractivity contribution < 1.29 is 23.1 Å². The number of urea groups is 1. The van der Waals surface area contributed by atoms with Crippen LogP contribution in [-0.4, -0.2) is 30.0 Å². The number of nitrogens with zero attached hydrogens (tertiary/aromatic N) is 1. The second-order valence-corrected chi connectivity index (χ2v) is 6.31. The van der Waals surface area contributed by atoms with Crippen molar-refractivity contribution in [3.8, 4) is 5.75 Å². The number of rotatable bonds is 5. The van der Waals surface area contributed by atoms with Crippen molar-refractivity contribution in [2.24, 2.45) is 0 Å². The van der Waals surface area contributed by atoms with Gasteiger partial charge < -0.3 is 10.1 Å². The lowest BCUT2D eigenvalue weighted by atomic mass is 9.92. The van der Waals surface area contributed by atoms with Crippen molar-refractivity contribution in [2.75, 3.05) is 13.2 Å². The number of hydrogen-bond donors (Lipinski definition) is 1.